The predicted octanol–water partition coefficient (Wildman–Crippen LogP) is 5.91. The Labute approximate surface area is 231 Å². The van der Waals surface area contributed by atoms with Crippen LogP contribution in [-0.4, -0.2) is 45.4 Å². The minimum atomic E-state index is -0.295. The molecule has 3 aromatic heterocycles. The largest absolute Gasteiger partial charge is 0.463 e. The Morgan fingerprint density at radius 3 is 2.77 bits per heavy atom. The van der Waals surface area contributed by atoms with Gasteiger partial charge in [-0.15, -0.1) is 0 Å². The van der Waals surface area contributed by atoms with Crippen molar-refractivity contribution in [3.63, 3.8) is 0 Å². The summed E-state index contributed by atoms with van der Waals surface area (Å²) in [6, 6.07) is 16.6. The third kappa shape index (κ3) is 3.67. The van der Waals surface area contributed by atoms with Crippen LogP contribution in [0.25, 0.3) is 49.6 Å². The number of fused-ring (bicyclic) bond motifs is 4. The van der Waals surface area contributed by atoms with Crippen LogP contribution < -0.4 is 15.9 Å². The molecular weight excluding hydrogens is 500 g/mol. The van der Waals surface area contributed by atoms with Gasteiger partial charge in [-0.3, -0.25) is 9.67 Å². The van der Waals surface area contributed by atoms with Crippen LogP contribution in [0.3, 0.4) is 0 Å². The minimum Gasteiger partial charge on any atom is -0.463 e. The normalized spacial score (nSPS) is 16.1. The van der Waals surface area contributed by atoms with Crippen molar-refractivity contribution in [3.05, 3.63) is 82.6 Å². The lowest BCUT2D eigenvalue weighted by atomic mass is 9.93. The van der Waals surface area contributed by atoms with Crippen molar-refractivity contribution in [3.8, 4) is 16.8 Å². The summed E-state index contributed by atoms with van der Waals surface area (Å²) in [5, 5.41) is 13.8. The van der Waals surface area contributed by atoms with Crippen LogP contribution in [0.1, 0.15) is 37.8 Å². The number of nitrogens with one attached hydrogen (secondary N) is 2. The fraction of sp³-hybridized carbons (Fsp3) is 0.281. The Bertz CT molecular complexity index is 1960. The molecule has 7 rings (SSSR count). The van der Waals surface area contributed by atoms with Crippen LogP contribution in [0.5, 0.6) is 0 Å². The van der Waals surface area contributed by atoms with Crippen molar-refractivity contribution in [2.45, 2.75) is 39.7 Å². The van der Waals surface area contributed by atoms with Gasteiger partial charge in [0.2, 0.25) is 0 Å². The number of rotatable bonds is 4. The number of piperazine rings is 1. The van der Waals surface area contributed by atoms with Crippen LogP contribution in [-0.2, 0) is 0 Å². The fourth-order valence-electron chi connectivity index (χ4n) is 6.28. The maximum atomic E-state index is 14.1. The van der Waals surface area contributed by atoms with E-state index in [-0.39, 0.29) is 17.6 Å². The average Bonchev–Trinajstić information content (AvgIpc) is 3.63. The fourth-order valence-corrected chi connectivity index (χ4v) is 6.28. The van der Waals surface area contributed by atoms with Gasteiger partial charge in [0.15, 0.2) is 0 Å². The van der Waals surface area contributed by atoms with Crippen LogP contribution in [0.15, 0.2) is 70.2 Å². The quantitative estimate of drug-likeness (QED) is 0.294. The third-order valence-electron chi connectivity index (χ3n) is 8.25. The van der Waals surface area contributed by atoms with Crippen LogP contribution in [0.4, 0.5) is 5.82 Å². The van der Waals surface area contributed by atoms with Crippen LogP contribution in [0, 0.1) is 6.92 Å². The Morgan fingerprint density at radius 2 is 1.95 bits per heavy atom. The molecule has 0 spiro atoms. The van der Waals surface area contributed by atoms with Crippen molar-refractivity contribution >= 4 is 38.6 Å². The molecule has 1 aliphatic rings. The summed E-state index contributed by atoms with van der Waals surface area (Å²) in [5.41, 5.74) is 7.31. The third-order valence-corrected chi connectivity index (χ3v) is 8.25. The number of aromatic nitrogens is 4. The standard InChI is InChI=1S/C32H32N6O2/c1-18(2)21-7-5-6-8-26(21)38-27-15-23(28-19(3)9-10-25-24(28)17-34-36-25)22-11-14-40-30(22)29(27)31(35-32(38)39)37-13-12-33-16-20(37)4/h5-11,14-15,17-18,20,33H,12-13,16H2,1-4H3,(H,34,36)/t20-/m0/s1. The first-order chi connectivity index (χ1) is 19.4. The molecule has 1 atom stereocenters. The number of H-pyrrole nitrogens is 1. The molecule has 202 valence electrons. The first-order valence-electron chi connectivity index (χ1n) is 13.9. The number of aryl methyl sites for hydroxylation is 1. The molecule has 1 aliphatic heterocycles. The van der Waals surface area contributed by atoms with Gasteiger partial charge in [0.05, 0.1) is 34.6 Å². The zero-order valence-electron chi connectivity index (χ0n) is 23.2. The summed E-state index contributed by atoms with van der Waals surface area (Å²) in [7, 11) is 0. The smallest absolute Gasteiger partial charge is 0.354 e. The van der Waals surface area contributed by atoms with E-state index < -0.39 is 0 Å². The number of hydrogen-bond acceptors (Lipinski definition) is 6. The summed E-state index contributed by atoms with van der Waals surface area (Å²) in [6.45, 7) is 11.0. The molecule has 0 amide bonds. The molecule has 6 aromatic rings. The molecule has 40 heavy (non-hydrogen) atoms. The highest BCUT2D eigenvalue weighted by atomic mass is 16.3. The second kappa shape index (κ2) is 9.34. The average molecular weight is 533 g/mol. The number of anilines is 1. The zero-order valence-corrected chi connectivity index (χ0v) is 23.2. The first-order valence-corrected chi connectivity index (χ1v) is 13.9. The number of hydrogen-bond donors (Lipinski definition) is 2. The molecule has 8 heteroatoms. The maximum Gasteiger partial charge on any atom is 0.354 e. The molecule has 3 aromatic carbocycles. The lowest BCUT2D eigenvalue weighted by molar-refractivity contribution is 0.497. The van der Waals surface area contributed by atoms with Gasteiger partial charge in [-0.1, -0.05) is 38.1 Å². The van der Waals surface area contributed by atoms with E-state index in [1.54, 1.807) is 10.8 Å². The number of aromatic amines is 1. The van der Waals surface area contributed by atoms with Gasteiger partial charge >= 0.3 is 5.69 Å². The van der Waals surface area contributed by atoms with Crippen LogP contribution >= 0.6 is 0 Å². The highest BCUT2D eigenvalue weighted by Crippen LogP contribution is 2.42. The van der Waals surface area contributed by atoms with Gasteiger partial charge in [-0.05, 0) is 66.3 Å². The monoisotopic (exact) mass is 532 g/mol. The van der Waals surface area contributed by atoms with Gasteiger partial charge in [0.1, 0.15) is 11.4 Å². The van der Waals surface area contributed by atoms with Crippen molar-refractivity contribution < 1.29 is 4.42 Å². The van der Waals surface area contributed by atoms with Crippen molar-refractivity contribution in [2.75, 3.05) is 24.5 Å². The Kier molecular flexibility index (Phi) is 5.75. The van der Waals surface area contributed by atoms with Gasteiger partial charge in [0.25, 0.3) is 0 Å². The number of nitrogens with zero attached hydrogens (tertiary/aromatic N) is 4. The van der Waals surface area contributed by atoms with E-state index in [1.165, 1.54) is 0 Å². The lowest BCUT2D eigenvalue weighted by Gasteiger charge is -2.35. The molecule has 8 nitrogen and oxygen atoms in total. The second-order valence-electron chi connectivity index (χ2n) is 11.1. The van der Waals surface area contributed by atoms with Crippen LogP contribution in [0.2, 0.25) is 0 Å². The molecule has 0 radical (unpaired) electrons. The molecule has 1 fully saturated rings. The van der Waals surface area contributed by atoms with E-state index in [0.717, 1.165) is 80.4 Å². The molecule has 1 saturated heterocycles. The summed E-state index contributed by atoms with van der Waals surface area (Å²) in [6.07, 6.45) is 3.61. The summed E-state index contributed by atoms with van der Waals surface area (Å²) in [5.74, 6) is 0.900. The Morgan fingerprint density at radius 1 is 1.10 bits per heavy atom. The maximum absolute atomic E-state index is 14.1. The highest BCUT2D eigenvalue weighted by molar-refractivity contribution is 6.17. The Balaban J connectivity index is 1.66. The van der Waals surface area contributed by atoms with Crippen molar-refractivity contribution in [2.24, 2.45) is 0 Å². The van der Waals surface area contributed by atoms with E-state index >= 15 is 0 Å². The highest BCUT2D eigenvalue weighted by Gasteiger charge is 2.28. The van der Waals surface area contributed by atoms with E-state index in [1.807, 2.05) is 30.5 Å². The summed E-state index contributed by atoms with van der Waals surface area (Å²) in [4.78, 5) is 21.1. The van der Waals surface area contributed by atoms with Gasteiger partial charge in [-0.2, -0.15) is 10.1 Å². The molecule has 0 unspecified atom stereocenters. The van der Waals surface area contributed by atoms with E-state index in [4.69, 9.17) is 9.40 Å². The van der Waals surface area contributed by atoms with E-state index in [0.29, 0.717) is 5.82 Å². The van der Waals surface area contributed by atoms with Gasteiger partial charge in [0, 0.05) is 36.4 Å². The molecule has 0 bridgehead atoms. The summed E-state index contributed by atoms with van der Waals surface area (Å²) < 4.78 is 8.06. The zero-order chi connectivity index (χ0) is 27.5. The van der Waals surface area contributed by atoms with Gasteiger partial charge < -0.3 is 14.6 Å². The molecular formula is C32H32N6O2. The molecule has 4 heterocycles. The van der Waals surface area contributed by atoms with Gasteiger partial charge in [-0.25, -0.2) is 4.79 Å². The SMILES string of the molecule is Cc1ccc2[nH]ncc2c1-c1cc2c(c(N3CCNC[C@@H]3C)nc(=O)n2-c2ccccc2C(C)C)c2occc12. The molecule has 0 saturated carbocycles. The molecule has 0 aliphatic carbocycles. The summed E-state index contributed by atoms with van der Waals surface area (Å²) >= 11 is 0. The van der Waals surface area contributed by atoms with E-state index in [2.05, 4.69) is 72.4 Å². The number of furan rings is 1. The number of benzene rings is 3. The molecule has 2 N–H and O–H groups in total. The Hall–Kier alpha value is -4.43. The van der Waals surface area contributed by atoms with E-state index in [9.17, 15) is 4.79 Å². The minimum absolute atomic E-state index is 0.175. The predicted molar refractivity (Wildman–Crippen MR) is 161 cm³/mol. The second-order valence-corrected chi connectivity index (χ2v) is 11.1. The van der Waals surface area contributed by atoms with Crippen molar-refractivity contribution in [1.82, 2.24) is 25.1 Å². The number of para-hydroxylation sites is 1. The topological polar surface area (TPSA) is 92.0 Å². The lowest BCUT2D eigenvalue weighted by Crippen LogP contribution is -2.50. The first kappa shape index (κ1) is 24.6. The van der Waals surface area contributed by atoms with Crippen molar-refractivity contribution in [1.29, 1.82) is 0 Å².